The zero-order valence-corrected chi connectivity index (χ0v) is 10.9. The molecule has 0 aromatic carbocycles. The fourth-order valence-corrected chi connectivity index (χ4v) is 2.14. The van der Waals surface area contributed by atoms with Crippen LogP contribution < -0.4 is 0 Å². The van der Waals surface area contributed by atoms with Gasteiger partial charge in [-0.2, -0.15) is 10.2 Å². The lowest BCUT2D eigenvalue weighted by atomic mass is 10.3. The van der Waals surface area contributed by atoms with Crippen molar-refractivity contribution in [1.29, 1.82) is 0 Å². The third kappa shape index (κ3) is 1.67. The molecule has 0 unspecified atom stereocenters. The summed E-state index contributed by atoms with van der Waals surface area (Å²) in [6, 6.07) is 5.66. The third-order valence-electron chi connectivity index (χ3n) is 2.88. The Labute approximate surface area is 109 Å². The topological polar surface area (TPSA) is 48.0 Å². The van der Waals surface area contributed by atoms with E-state index in [4.69, 9.17) is 11.6 Å². The highest BCUT2D eigenvalue weighted by molar-refractivity contribution is 6.30. The standard InChI is InChI=1S/C12H12ClN5/c1-3-8-6-12-15-9(7-11(13)18(12)16-8)10-4-5-14-17(10)2/h4-7H,3H2,1-2H3. The summed E-state index contributed by atoms with van der Waals surface area (Å²) in [5, 5.41) is 9.06. The van der Waals surface area contributed by atoms with Crippen LogP contribution in [0.3, 0.4) is 0 Å². The van der Waals surface area contributed by atoms with E-state index in [0.717, 1.165) is 29.1 Å². The summed E-state index contributed by atoms with van der Waals surface area (Å²) in [6.45, 7) is 2.05. The molecule has 0 atom stereocenters. The molecule has 0 saturated carbocycles. The van der Waals surface area contributed by atoms with Crippen molar-refractivity contribution < 1.29 is 0 Å². The van der Waals surface area contributed by atoms with Gasteiger partial charge in [-0.3, -0.25) is 4.68 Å². The van der Waals surface area contributed by atoms with Gasteiger partial charge in [0.1, 0.15) is 5.15 Å². The lowest BCUT2D eigenvalue weighted by molar-refractivity contribution is 0.772. The molecular weight excluding hydrogens is 250 g/mol. The Balaban J connectivity index is 2.23. The lowest BCUT2D eigenvalue weighted by Crippen LogP contribution is -1.98. The molecule has 3 rings (SSSR count). The molecule has 3 aromatic rings. The molecule has 0 fully saturated rings. The summed E-state index contributed by atoms with van der Waals surface area (Å²) in [6.07, 6.45) is 2.60. The maximum absolute atomic E-state index is 6.23. The van der Waals surface area contributed by atoms with Crippen LogP contribution in [0.1, 0.15) is 12.6 Å². The van der Waals surface area contributed by atoms with Crippen LogP contribution in [0.4, 0.5) is 0 Å². The molecule has 0 bridgehead atoms. The first-order valence-corrected chi connectivity index (χ1v) is 6.10. The number of hydrogen-bond acceptors (Lipinski definition) is 3. The molecule has 0 spiro atoms. The van der Waals surface area contributed by atoms with E-state index in [1.165, 1.54) is 0 Å². The molecule has 0 aliphatic carbocycles. The van der Waals surface area contributed by atoms with Crippen LogP contribution in [0, 0.1) is 0 Å². The molecule has 3 aromatic heterocycles. The first-order valence-electron chi connectivity index (χ1n) is 5.72. The molecule has 0 saturated heterocycles. The molecule has 6 heteroatoms. The molecular formula is C12H12ClN5. The van der Waals surface area contributed by atoms with Crippen LogP contribution in [-0.2, 0) is 13.5 Å². The highest BCUT2D eigenvalue weighted by Gasteiger charge is 2.10. The summed E-state index contributed by atoms with van der Waals surface area (Å²) in [7, 11) is 1.88. The minimum absolute atomic E-state index is 0.552. The Hall–Kier alpha value is -1.88. The van der Waals surface area contributed by atoms with Crippen molar-refractivity contribution >= 4 is 17.2 Å². The molecule has 92 valence electrons. The molecule has 0 N–H and O–H groups in total. The van der Waals surface area contributed by atoms with Gasteiger partial charge >= 0.3 is 0 Å². The van der Waals surface area contributed by atoms with Gasteiger partial charge in [0.25, 0.3) is 0 Å². The zero-order chi connectivity index (χ0) is 12.7. The summed E-state index contributed by atoms with van der Waals surface area (Å²) in [5.74, 6) is 0. The van der Waals surface area contributed by atoms with Gasteiger partial charge < -0.3 is 0 Å². The predicted molar refractivity (Wildman–Crippen MR) is 69.6 cm³/mol. The fraction of sp³-hybridized carbons (Fsp3) is 0.250. The van der Waals surface area contributed by atoms with Gasteiger partial charge in [-0.05, 0) is 12.5 Å². The number of nitrogens with zero attached hydrogens (tertiary/aromatic N) is 5. The highest BCUT2D eigenvalue weighted by Crippen LogP contribution is 2.22. The minimum atomic E-state index is 0.552. The van der Waals surface area contributed by atoms with Gasteiger partial charge in [0.2, 0.25) is 0 Å². The van der Waals surface area contributed by atoms with Crippen molar-refractivity contribution in [1.82, 2.24) is 24.4 Å². The Bertz CT molecular complexity index is 712. The number of aryl methyl sites for hydroxylation is 2. The summed E-state index contributed by atoms with van der Waals surface area (Å²) in [5.41, 5.74) is 3.47. The van der Waals surface area contributed by atoms with Crippen LogP contribution in [0.15, 0.2) is 24.4 Å². The van der Waals surface area contributed by atoms with Crippen molar-refractivity contribution in [2.45, 2.75) is 13.3 Å². The largest absolute Gasteiger partial charge is 0.266 e. The maximum Gasteiger partial charge on any atom is 0.157 e. The van der Waals surface area contributed by atoms with Crippen molar-refractivity contribution in [3.8, 4) is 11.4 Å². The van der Waals surface area contributed by atoms with Gasteiger partial charge in [0.05, 0.1) is 17.1 Å². The van der Waals surface area contributed by atoms with Crippen molar-refractivity contribution in [3.63, 3.8) is 0 Å². The second-order valence-corrected chi connectivity index (χ2v) is 4.45. The number of aromatic nitrogens is 5. The fourth-order valence-electron chi connectivity index (χ4n) is 1.91. The van der Waals surface area contributed by atoms with E-state index >= 15 is 0 Å². The van der Waals surface area contributed by atoms with Gasteiger partial charge in [-0.25, -0.2) is 9.50 Å². The maximum atomic E-state index is 6.23. The number of fused-ring (bicyclic) bond motifs is 1. The van der Waals surface area contributed by atoms with E-state index in [0.29, 0.717) is 5.15 Å². The Morgan fingerprint density at radius 2 is 2.17 bits per heavy atom. The van der Waals surface area contributed by atoms with Crippen molar-refractivity contribution in [3.05, 3.63) is 35.2 Å². The summed E-state index contributed by atoms with van der Waals surface area (Å²) >= 11 is 6.23. The monoisotopic (exact) mass is 261 g/mol. The van der Waals surface area contributed by atoms with E-state index < -0.39 is 0 Å². The third-order valence-corrected chi connectivity index (χ3v) is 3.15. The van der Waals surface area contributed by atoms with Crippen LogP contribution >= 0.6 is 11.6 Å². The van der Waals surface area contributed by atoms with Gasteiger partial charge in [-0.15, -0.1) is 0 Å². The molecule has 18 heavy (non-hydrogen) atoms. The molecule has 0 aliphatic rings. The molecule has 0 aliphatic heterocycles. The van der Waals surface area contributed by atoms with E-state index in [1.54, 1.807) is 21.5 Å². The van der Waals surface area contributed by atoms with Crippen LogP contribution in [0.5, 0.6) is 0 Å². The van der Waals surface area contributed by atoms with Crippen LogP contribution in [-0.4, -0.2) is 24.4 Å². The van der Waals surface area contributed by atoms with Gasteiger partial charge in [-0.1, -0.05) is 18.5 Å². The first kappa shape index (κ1) is 11.2. The average molecular weight is 262 g/mol. The number of halogens is 1. The van der Waals surface area contributed by atoms with Crippen molar-refractivity contribution in [2.75, 3.05) is 0 Å². The molecule has 3 heterocycles. The Morgan fingerprint density at radius 1 is 1.33 bits per heavy atom. The quantitative estimate of drug-likeness (QED) is 0.666. The van der Waals surface area contributed by atoms with E-state index in [2.05, 4.69) is 22.1 Å². The SMILES string of the molecule is CCc1cc2nc(-c3ccnn3C)cc(Cl)n2n1. The number of rotatable bonds is 2. The summed E-state index contributed by atoms with van der Waals surface area (Å²) in [4.78, 5) is 4.56. The van der Waals surface area contributed by atoms with Gasteiger partial charge in [0.15, 0.2) is 5.65 Å². The van der Waals surface area contributed by atoms with Gasteiger partial charge in [0, 0.05) is 25.4 Å². The smallest absolute Gasteiger partial charge is 0.157 e. The minimum Gasteiger partial charge on any atom is -0.266 e. The molecule has 0 radical (unpaired) electrons. The van der Waals surface area contributed by atoms with E-state index in [1.807, 2.05) is 19.2 Å². The zero-order valence-electron chi connectivity index (χ0n) is 10.1. The lowest BCUT2D eigenvalue weighted by Gasteiger charge is -2.03. The number of hydrogen-bond donors (Lipinski definition) is 0. The Kier molecular flexibility index (Phi) is 2.56. The van der Waals surface area contributed by atoms with Crippen LogP contribution in [0.2, 0.25) is 5.15 Å². The first-order chi connectivity index (χ1) is 8.69. The second-order valence-electron chi connectivity index (χ2n) is 4.06. The highest BCUT2D eigenvalue weighted by atomic mass is 35.5. The second kappa shape index (κ2) is 4.10. The normalized spacial score (nSPS) is 11.3. The molecule has 0 amide bonds. The Morgan fingerprint density at radius 3 is 2.83 bits per heavy atom. The van der Waals surface area contributed by atoms with Crippen LogP contribution in [0.25, 0.3) is 17.0 Å². The molecule has 5 nitrogen and oxygen atoms in total. The van der Waals surface area contributed by atoms with E-state index in [-0.39, 0.29) is 0 Å². The summed E-state index contributed by atoms with van der Waals surface area (Å²) < 4.78 is 3.42. The average Bonchev–Trinajstić information content (AvgIpc) is 2.94. The predicted octanol–water partition coefficient (Wildman–Crippen LogP) is 2.35. The van der Waals surface area contributed by atoms with Crippen molar-refractivity contribution in [2.24, 2.45) is 7.05 Å². The van der Waals surface area contributed by atoms with E-state index in [9.17, 15) is 0 Å².